The molecule has 0 bridgehead atoms. The van der Waals surface area contributed by atoms with E-state index in [0.29, 0.717) is 6.61 Å². The summed E-state index contributed by atoms with van der Waals surface area (Å²) in [6.45, 7) is 5.45. The predicted octanol–water partition coefficient (Wildman–Crippen LogP) is 1.88. The largest absolute Gasteiger partial charge is 0.492 e. The molecule has 0 amide bonds. The Balaban J connectivity index is 2.61. The Bertz CT molecular complexity index is 382. The number of ether oxygens (including phenoxy) is 1. The molecular formula is C15H26N2O2. The fourth-order valence-electron chi connectivity index (χ4n) is 1.67. The number of benzene rings is 1. The van der Waals surface area contributed by atoms with Gasteiger partial charge in [0.1, 0.15) is 12.4 Å². The van der Waals surface area contributed by atoms with Crippen molar-refractivity contribution in [1.82, 2.24) is 5.32 Å². The van der Waals surface area contributed by atoms with E-state index in [0.717, 1.165) is 24.4 Å². The van der Waals surface area contributed by atoms with Crippen LogP contribution in [0, 0.1) is 0 Å². The van der Waals surface area contributed by atoms with Crippen molar-refractivity contribution >= 4 is 5.69 Å². The SMILES string of the molecule is CCCNC(C)(CO)COc1cccc(N(C)C)c1. The van der Waals surface area contributed by atoms with Gasteiger partial charge in [0.15, 0.2) is 0 Å². The molecule has 1 atom stereocenters. The van der Waals surface area contributed by atoms with Crippen molar-refractivity contribution in [2.24, 2.45) is 0 Å². The first-order chi connectivity index (χ1) is 9.00. The molecule has 0 aliphatic heterocycles. The number of nitrogens with one attached hydrogen (secondary N) is 1. The van der Waals surface area contributed by atoms with E-state index in [2.05, 4.69) is 12.2 Å². The number of hydrogen-bond acceptors (Lipinski definition) is 4. The molecule has 0 aromatic heterocycles. The molecule has 0 fully saturated rings. The maximum Gasteiger partial charge on any atom is 0.121 e. The molecule has 0 saturated carbocycles. The van der Waals surface area contributed by atoms with Crippen molar-refractivity contribution in [2.45, 2.75) is 25.8 Å². The summed E-state index contributed by atoms with van der Waals surface area (Å²) in [6.07, 6.45) is 1.03. The lowest BCUT2D eigenvalue weighted by Crippen LogP contribution is -2.50. The summed E-state index contributed by atoms with van der Waals surface area (Å²) >= 11 is 0. The molecule has 4 nitrogen and oxygen atoms in total. The Morgan fingerprint density at radius 2 is 2.11 bits per heavy atom. The molecule has 0 spiro atoms. The fraction of sp³-hybridized carbons (Fsp3) is 0.600. The van der Waals surface area contributed by atoms with Crippen LogP contribution in [0.3, 0.4) is 0 Å². The number of aliphatic hydroxyl groups is 1. The van der Waals surface area contributed by atoms with Gasteiger partial charge in [-0.3, -0.25) is 0 Å². The van der Waals surface area contributed by atoms with Gasteiger partial charge in [0.05, 0.1) is 12.1 Å². The maximum atomic E-state index is 9.48. The van der Waals surface area contributed by atoms with Gasteiger partial charge < -0.3 is 20.1 Å². The van der Waals surface area contributed by atoms with Crippen LogP contribution in [0.5, 0.6) is 5.75 Å². The lowest BCUT2D eigenvalue weighted by Gasteiger charge is -2.28. The zero-order valence-corrected chi connectivity index (χ0v) is 12.4. The van der Waals surface area contributed by atoms with Gasteiger partial charge in [-0.1, -0.05) is 13.0 Å². The summed E-state index contributed by atoms with van der Waals surface area (Å²) in [4.78, 5) is 2.04. The molecule has 1 aromatic carbocycles. The second-order valence-corrected chi connectivity index (χ2v) is 5.33. The third-order valence-corrected chi connectivity index (χ3v) is 3.04. The van der Waals surface area contributed by atoms with Crippen molar-refractivity contribution in [3.63, 3.8) is 0 Å². The Morgan fingerprint density at radius 3 is 2.68 bits per heavy atom. The highest BCUT2D eigenvalue weighted by Gasteiger charge is 2.23. The van der Waals surface area contributed by atoms with Gasteiger partial charge in [-0.15, -0.1) is 0 Å². The first kappa shape index (κ1) is 15.8. The zero-order valence-electron chi connectivity index (χ0n) is 12.4. The van der Waals surface area contributed by atoms with Gasteiger partial charge in [-0.2, -0.15) is 0 Å². The minimum atomic E-state index is -0.399. The van der Waals surface area contributed by atoms with E-state index in [9.17, 15) is 5.11 Å². The van der Waals surface area contributed by atoms with Crippen molar-refractivity contribution in [1.29, 1.82) is 0 Å². The third kappa shape index (κ3) is 5.09. The van der Waals surface area contributed by atoms with Crippen LogP contribution in [0.4, 0.5) is 5.69 Å². The smallest absolute Gasteiger partial charge is 0.121 e. The second kappa shape index (κ2) is 7.36. The monoisotopic (exact) mass is 266 g/mol. The molecule has 0 radical (unpaired) electrons. The molecule has 4 heteroatoms. The average molecular weight is 266 g/mol. The highest BCUT2D eigenvalue weighted by molar-refractivity contribution is 5.49. The van der Waals surface area contributed by atoms with E-state index < -0.39 is 5.54 Å². The number of nitrogens with zero attached hydrogens (tertiary/aromatic N) is 1. The quantitative estimate of drug-likeness (QED) is 0.754. The normalized spacial score (nSPS) is 13.9. The summed E-state index contributed by atoms with van der Waals surface area (Å²) in [6, 6.07) is 7.94. The number of hydrogen-bond donors (Lipinski definition) is 2. The summed E-state index contributed by atoms with van der Waals surface area (Å²) < 4.78 is 5.80. The molecule has 19 heavy (non-hydrogen) atoms. The molecule has 108 valence electrons. The molecule has 0 saturated heterocycles. The van der Waals surface area contributed by atoms with Gasteiger partial charge >= 0.3 is 0 Å². The molecule has 1 unspecified atom stereocenters. The van der Waals surface area contributed by atoms with E-state index in [-0.39, 0.29) is 6.61 Å². The van der Waals surface area contributed by atoms with E-state index >= 15 is 0 Å². The number of rotatable bonds is 8. The average Bonchev–Trinajstić information content (AvgIpc) is 2.43. The number of anilines is 1. The van der Waals surface area contributed by atoms with Gasteiger partial charge in [0.25, 0.3) is 0 Å². The van der Waals surface area contributed by atoms with E-state index in [4.69, 9.17) is 4.74 Å². The lowest BCUT2D eigenvalue weighted by atomic mass is 10.1. The fourth-order valence-corrected chi connectivity index (χ4v) is 1.67. The van der Waals surface area contributed by atoms with E-state index in [1.54, 1.807) is 0 Å². The van der Waals surface area contributed by atoms with Crippen molar-refractivity contribution in [2.75, 3.05) is 38.8 Å². The minimum absolute atomic E-state index is 0.0559. The Kier molecular flexibility index (Phi) is 6.12. The number of aliphatic hydroxyl groups excluding tert-OH is 1. The van der Waals surface area contributed by atoms with Crippen LogP contribution in [0.2, 0.25) is 0 Å². The second-order valence-electron chi connectivity index (χ2n) is 5.33. The van der Waals surface area contributed by atoms with Crippen molar-refractivity contribution in [3.8, 4) is 5.75 Å². The van der Waals surface area contributed by atoms with Crippen LogP contribution < -0.4 is 15.0 Å². The van der Waals surface area contributed by atoms with Gasteiger partial charge in [-0.05, 0) is 32.0 Å². The molecule has 1 rings (SSSR count). The first-order valence-electron chi connectivity index (χ1n) is 6.77. The van der Waals surface area contributed by atoms with Crippen LogP contribution in [0.25, 0.3) is 0 Å². The topological polar surface area (TPSA) is 44.7 Å². The molecule has 2 N–H and O–H groups in total. The van der Waals surface area contributed by atoms with Gasteiger partial charge in [-0.25, -0.2) is 0 Å². The highest BCUT2D eigenvalue weighted by atomic mass is 16.5. The van der Waals surface area contributed by atoms with Gasteiger partial charge in [0, 0.05) is 25.8 Å². The molecule has 1 aromatic rings. The summed E-state index contributed by atoms with van der Waals surface area (Å²) in [5.41, 5.74) is 0.703. The summed E-state index contributed by atoms with van der Waals surface area (Å²) in [5.74, 6) is 0.823. The Morgan fingerprint density at radius 1 is 1.37 bits per heavy atom. The summed E-state index contributed by atoms with van der Waals surface area (Å²) in [7, 11) is 4.00. The lowest BCUT2D eigenvalue weighted by molar-refractivity contribution is 0.116. The van der Waals surface area contributed by atoms with Crippen LogP contribution in [-0.4, -0.2) is 44.5 Å². The Hall–Kier alpha value is -1.26. The van der Waals surface area contributed by atoms with Crippen LogP contribution in [-0.2, 0) is 0 Å². The molecule has 0 heterocycles. The van der Waals surface area contributed by atoms with Crippen molar-refractivity contribution in [3.05, 3.63) is 24.3 Å². The summed E-state index contributed by atoms with van der Waals surface area (Å²) in [5, 5.41) is 12.8. The van der Waals surface area contributed by atoms with Crippen LogP contribution in [0.1, 0.15) is 20.3 Å². The molecule has 0 aliphatic rings. The minimum Gasteiger partial charge on any atom is -0.492 e. The van der Waals surface area contributed by atoms with E-state index in [1.807, 2.05) is 50.2 Å². The van der Waals surface area contributed by atoms with Crippen LogP contribution in [0.15, 0.2) is 24.3 Å². The van der Waals surface area contributed by atoms with Gasteiger partial charge in [0.2, 0.25) is 0 Å². The highest BCUT2D eigenvalue weighted by Crippen LogP contribution is 2.20. The van der Waals surface area contributed by atoms with Crippen LogP contribution >= 0.6 is 0 Å². The third-order valence-electron chi connectivity index (χ3n) is 3.04. The molecule has 0 aliphatic carbocycles. The zero-order chi connectivity index (χ0) is 14.3. The van der Waals surface area contributed by atoms with E-state index in [1.165, 1.54) is 0 Å². The Labute approximate surface area is 116 Å². The predicted molar refractivity (Wildman–Crippen MR) is 80.0 cm³/mol. The maximum absolute atomic E-state index is 9.48. The molecular weight excluding hydrogens is 240 g/mol. The first-order valence-corrected chi connectivity index (χ1v) is 6.77. The standard InChI is InChI=1S/C15H26N2O2/c1-5-9-16-15(2,11-18)12-19-14-8-6-7-13(10-14)17(3)4/h6-8,10,16,18H,5,9,11-12H2,1-4H3. The van der Waals surface area contributed by atoms with Crippen molar-refractivity contribution < 1.29 is 9.84 Å².